The third-order valence-corrected chi connectivity index (χ3v) is 9.04. The molecule has 6 N–H and O–H groups in total. The maximum absolute atomic E-state index is 12.8. The molecule has 4 heterocycles. The average Bonchev–Trinajstić information content (AvgIpc) is 3.46. The second kappa shape index (κ2) is 10.2. The van der Waals surface area contributed by atoms with Gasteiger partial charge in [0.1, 0.15) is 22.8 Å². The number of oxime groups is 1. The van der Waals surface area contributed by atoms with Crippen LogP contribution in [0.5, 0.6) is 0 Å². The first kappa shape index (κ1) is 24.3. The summed E-state index contributed by atoms with van der Waals surface area (Å²) in [6.07, 6.45) is 0.657. The van der Waals surface area contributed by atoms with Gasteiger partial charge in [-0.15, -0.1) is 46.2 Å². The normalized spacial score (nSPS) is 20.1. The number of thioether (sulfide) groups is 2. The molecule has 2 aliphatic rings. The molecule has 2 aromatic heterocycles. The summed E-state index contributed by atoms with van der Waals surface area (Å²) in [6.45, 7) is 0. The molecule has 16 heteroatoms. The lowest BCUT2D eigenvalue weighted by Gasteiger charge is -2.49. The van der Waals surface area contributed by atoms with E-state index >= 15 is 0 Å². The molecule has 0 unspecified atom stereocenters. The van der Waals surface area contributed by atoms with Crippen molar-refractivity contribution in [3.63, 3.8) is 0 Å². The van der Waals surface area contributed by atoms with Crippen LogP contribution >= 0.6 is 46.2 Å². The maximum atomic E-state index is 12.8. The monoisotopic (exact) mass is 541 g/mol. The van der Waals surface area contributed by atoms with E-state index in [0.29, 0.717) is 22.8 Å². The van der Waals surface area contributed by atoms with Crippen molar-refractivity contribution in [2.45, 2.75) is 17.8 Å². The highest BCUT2D eigenvalue weighted by Crippen LogP contribution is 2.43. The van der Waals surface area contributed by atoms with E-state index in [-0.39, 0.29) is 22.2 Å². The van der Waals surface area contributed by atoms with Gasteiger partial charge in [-0.3, -0.25) is 14.5 Å². The van der Waals surface area contributed by atoms with Crippen LogP contribution in [-0.4, -0.2) is 78.6 Å². The summed E-state index contributed by atoms with van der Waals surface area (Å²) in [4.78, 5) is 47.5. The molecule has 1 saturated heterocycles. The number of fused-ring (bicyclic) bond motifs is 1. The number of aromatic nitrogens is 2. The smallest absolute Gasteiger partial charge is 0.353 e. The standard InChI is InChI=1S/C18H19N7O5S4/c1-20-18-21-7(4-34-18)2-3-31-9-6-32-15-11(14(27)25(15)12(9)16(28)29)23-13(26)10(24-30)8-5-33-17(19)22-8/h4-5,11,15,30H,2-3,6H2,1H3,(H2,19,22)(H,20,21)(H,23,26)(H,28,29)/b24-10-/t11-,15-/m1/s1. The van der Waals surface area contributed by atoms with Gasteiger partial charge < -0.3 is 26.7 Å². The number of nitrogens with zero attached hydrogens (tertiary/aromatic N) is 4. The molecule has 0 radical (unpaired) electrons. The highest BCUT2D eigenvalue weighted by Gasteiger charge is 2.54. The lowest BCUT2D eigenvalue weighted by molar-refractivity contribution is -0.150. The summed E-state index contributed by atoms with van der Waals surface area (Å²) < 4.78 is 0. The minimum atomic E-state index is -1.20. The quantitative estimate of drug-likeness (QED) is 0.132. The Morgan fingerprint density at radius 1 is 1.35 bits per heavy atom. The number of nitrogens with two attached hydrogens (primary N) is 1. The number of carbonyl (C=O) groups excluding carboxylic acids is 2. The first-order chi connectivity index (χ1) is 16.3. The van der Waals surface area contributed by atoms with Crippen LogP contribution in [0.15, 0.2) is 26.5 Å². The van der Waals surface area contributed by atoms with Gasteiger partial charge in [0.2, 0.25) is 0 Å². The van der Waals surface area contributed by atoms with Crippen LogP contribution in [0.1, 0.15) is 11.4 Å². The van der Waals surface area contributed by atoms with Gasteiger partial charge in [-0.05, 0) is 6.42 Å². The van der Waals surface area contributed by atoms with Gasteiger partial charge in [0.25, 0.3) is 11.8 Å². The molecule has 12 nitrogen and oxygen atoms in total. The van der Waals surface area contributed by atoms with Crippen LogP contribution in [0, 0.1) is 0 Å². The van der Waals surface area contributed by atoms with Crippen molar-refractivity contribution in [3.8, 4) is 0 Å². The van der Waals surface area contributed by atoms with E-state index in [0.717, 1.165) is 22.2 Å². The van der Waals surface area contributed by atoms with Crippen molar-refractivity contribution in [2.24, 2.45) is 5.16 Å². The second-order valence-electron chi connectivity index (χ2n) is 6.95. The van der Waals surface area contributed by atoms with Crippen molar-refractivity contribution in [1.82, 2.24) is 20.2 Å². The Kier molecular flexibility index (Phi) is 7.30. The van der Waals surface area contributed by atoms with E-state index in [9.17, 15) is 24.7 Å². The Morgan fingerprint density at radius 3 is 2.76 bits per heavy atom. The van der Waals surface area contributed by atoms with Crippen molar-refractivity contribution in [1.29, 1.82) is 0 Å². The molecule has 1 fully saturated rings. The van der Waals surface area contributed by atoms with Crippen molar-refractivity contribution in [2.75, 3.05) is 29.6 Å². The largest absolute Gasteiger partial charge is 0.477 e. The highest BCUT2D eigenvalue weighted by molar-refractivity contribution is 8.06. The van der Waals surface area contributed by atoms with E-state index < -0.39 is 29.2 Å². The van der Waals surface area contributed by atoms with Gasteiger partial charge >= 0.3 is 5.97 Å². The SMILES string of the molecule is CNc1nc(CCSC2=C(C(=O)O)N3C(=O)[C@@H](NC(=O)/C(=N\O)c4csc(N)n4)[C@H]3SC2)cs1. The molecule has 0 bridgehead atoms. The summed E-state index contributed by atoms with van der Waals surface area (Å²) in [5.41, 5.74) is 6.10. The Labute approximate surface area is 209 Å². The van der Waals surface area contributed by atoms with E-state index in [4.69, 9.17) is 5.73 Å². The molecular weight excluding hydrogens is 523 g/mol. The molecule has 2 aliphatic heterocycles. The van der Waals surface area contributed by atoms with E-state index in [1.807, 2.05) is 5.38 Å². The third kappa shape index (κ3) is 4.70. The van der Waals surface area contributed by atoms with Gasteiger partial charge in [0.15, 0.2) is 16.0 Å². The number of aliphatic carboxylic acids is 1. The number of hydrogen-bond donors (Lipinski definition) is 5. The molecule has 2 amide bonds. The first-order valence-corrected chi connectivity index (χ1v) is 13.5. The Bertz CT molecular complexity index is 1190. The van der Waals surface area contributed by atoms with Crippen LogP contribution < -0.4 is 16.4 Å². The minimum Gasteiger partial charge on any atom is -0.477 e. The fourth-order valence-corrected chi connectivity index (χ4v) is 7.20. The van der Waals surface area contributed by atoms with E-state index in [1.165, 1.54) is 45.1 Å². The Hall–Kier alpha value is -2.82. The zero-order valence-corrected chi connectivity index (χ0v) is 20.8. The topological polar surface area (TPSA) is 183 Å². The number of anilines is 2. The lowest BCUT2D eigenvalue weighted by atomic mass is 10.0. The van der Waals surface area contributed by atoms with Crippen molar-refractivity contribution >= 4 is 80.0 Å². The predicted octanol–water partition coefficient (Wildman–Crippen LogP) is 1.07. The molecule has 34 heavy (non-hydrogen) atoms. The number of rotatable bonds is 9. The summed E-state index contributed by atoms with van der Waals surface area (Å²) in [5, 5.41) is 31.3. The summed E-state index contributed by atoms with van der Waals surface area (Å²) >= 11 is 5.30. The number of nitrogen functional groups attached to an aromatic ring is 1. The van der Waals surface area contributed by atoms with Crippen LogP contribution in [0.3, 0.4) is 0 Å². The van der Waals surface area contributed by atoms with Gasteiger partial charge in [0.05, 0.1) is 5.69 Å². The summed E-state index contributed by atoms with van der Waals surface area (Å²) in [7, 11) is 1.79. The van der Waals surface area contributed by atoms with Gasteiger partial charge in [-0.2, -0.15) is 0 Å². The minimum absolute atomic E-state index is 0.0678. The molecule has 0 aliphatic carbocycles. The number of aryl methyl sites for hydroxylation is 1. The number of carboxylic acids is 1. The van der Waals surface area contributed by atoms with Crippen LogP contribution in [-0.2, 0) is 20.8 Å². The summed E-state index contributed by atoms with van der Waals surface area (Å²) in [5.74, 6) is -1.56. The van der Waals surface area contributed by atoms with Crippen LogP contribution in [0.2, 0.25) is 0 Å². The fourth-order valence-electron chi connectivity index (χ4n) is 3.34. The molecule has 0 spiro atoms. The molecule has 180 valence electrons. The predicted molar refractivity (Wildman–Crippen MR) is 132 cm³/mol. The number of β-lactam (4-membered cyclic amide) rings is 1. The lowest BCUT2D eigenvalue weighted by Crippen LogP contribution is -2.71. The molecule has 2 atom stereocenters. The van der Waals surface area contributed by atoms with Crippen molar-refractivity contribution in [3.05, 3.63) is 32.8 Å². The average molecular weight is 542 g/mol. The number of carboxylic acid groups (broad SMARTS) is 1. The highest BCUT2D eigenvalue weighted by atomic mass is 32.2. The molecule has 0 aromatic carbocycles. The number of nitrogens with one attached hydrogen (secondary N) is 2. The number of amides is 2. The first-order valence-electron chi connectivity index (χ1n) is 9.74. The second-order valence-corrected chi connectivity index (χ2v) is 11.0. The Balaban J connectivity index is 1.42. The number of carbonyl (C=O) groups is 3. The van der Waals surface area contributed by atoms with Crippen molar-refractivity contribution < 1.29 is 24.7 Å². The number of thiazole rings is 2. The van der Waals surface area contributed by atoms with Gasteiger partial charge in [0, 0.05) is 34.2 Å². The van der Waals surface area contributed by atoms with Crippen LogP contribution in [0.4, 0.5) is 10.3 Å². The molecule has 4 rings (SSSR count). The Morgan fingerprint density at radius 2 is 2.15 bits per heavy atom. The van der Waals surface area contributed by atoms with Gasteiger partial charge in [-0.25, -0.2) is 14.8 Å². The van der Waals surface area contributed by atoms with E-state index in [1.54, 1.807) is 7.05 Å². The van der Waals surface area contributed by atoms with Crippen LogP contribution in [0.25, 0.3) is 0 Å². The molecule has 0 saturated carbocycles. The zero-order chi connectivity index (χ0) is 24.4. The molecule has 2 aromatic rings. The van der Waals surface area contributed by atoms with E-state index in [2.05, 4.69) is 25.8 Å². The fraction of sp³-hybridized carbons (Fsp3) is 0.333. The summed E-state index contributed by atoms with van der Waals surface area (Å²) in [6, 6.07) is -0.957. The van der Waals surface area contributed by atoms with Gasteiger partial charge in [-0.1, -0.05) is 5.16 Å². The zero-order valence-electron chi connectivity index (χ0n) is 17.5. The molecular formula is C18H19N7O5S4. The number of hydrogen-bond acceptors (Lipinski definition) is 13. The third-order valence-electron chi connectivity index (χ3n) is 4.90. The maximum Gasteiger partial charge on any atom is 0.353 e.